The van der Waals surface area contributed by atoms with Crippen LogP contribution in [-0.2, 0) is 0 Å². The van der Waals surface area contributed by atoms with E-state index >= 15 is 0 Å². The van der Waals surface area contributed by atoms with Gasteiger partial charge in [-0.25, -0.2) is 0 Å². The molecule has 3 heterocycles. The lowest BCUT2D eigenvalue weighted by atomic mass is 9.92. The number of carbonyl (C=O) groups excluding carboxylic acids is 1. The second kappa shape index (κ2) is 7.68. The number of hydrogen-bond acceptors (Lipinski definition) is 4. The van der Waals surface area contributed by atoms with Crippen molar-refractivity contribution in [3.8, 4) is 11.5 Å². The molecule has 2 aromatic heterocycles. The van der Waals surface area contributed by atoms with Crippen molar-refractivity contribution in [3.05, 3.63) is 46.4 Å². The number of nitrogens with one attached hydrogen (secondary N) is 1. The zero-order chi connectivity index (χ0) is 16.4. The number of likely N-dealkylation sites (tertiary alicyclic amines) is 1. The number of aromatic nitrogens is 1. The first-order chi connectivity index (χ1) is 11.1. The molecular formula is C17H22ClN3O3. The predicted octanol–water partition coefficient (Wildman–Crippen LogP) is 2.26. The van der Waals surface area contributed by atoms with Crippen molar-refractivity contribution in [2.75, 3.05) is 13.1 Å². The third kappa shape index (κ3) is 3.71. The molecule has 0 bridgehead atoms. The number of pyridine rings is 1. The molecule has 1 aliphatic heterocycles. The van der Waals surface area contributed by atoms with Crippen molar-refractivity contribution in [2.45, 2.75) is 25.8 Å². The van der Waals surface area contributed by atoms with E-state index in [9.17, 15) is 9.59 Å². The Morgan fingerprint density at radius 1 is 1.42 bits per heavy atom. The van der Waals surface area contributed by atoms with Crippen LogP contribution in [0.1, 0.15) is 30.1 Å². The molecule has 3 N–H and O–H groups in total. The van der Waals surface area contributed by atoms with Gasteiger partial charge in [-0.15, -0.1) is 12.4 Å². The Balaban J connectivity index is 0.00000208. The van der Waals surface area contributed by atoms with Gasteiger partial charge < -0.3 is 20.0 Å². The van der Waals surface area contributed by atoms with Crippen molar-refractivity contribution < 1.29 is 9.21 Å². The molecule has 1 amide bonds. The van der Waals surface area contributed by atoms with E-state index in [2.05, 4.69) is 4.98 Å². The number of amides is 1. The van der Waals surface area contributed by atoms with Gasteiger partial charge in [-0.2, -0.15) is 0 Å². The highest BCUT2D eigenvalue weighted by Crippen LogP contribution is 2.21. The number of H-pyrrole nitrogens is 1. The summed E-state index contributed by atoms with van der Waals surface area (Å²) in [6, 6.07) is 6.80. The molecule has 2 unspecified atom stereocenters. The maximum Gasteiger partial charge on any atom is 0.261 e. The number of carbonyl (C=O) groups is 1. The summed E-state index contributed by atoms with van der Waals surface area (Å²) in [4.78, 5) is 29.3. The first kappa shape index (κ1) is 18.3. The van der Waals surface area contributed by atoms with Crippen LogP contribution in [0.25, 0.3) is 11.5 Å². The van der Waals surface area contributed by atoms with Gasteiger partial charge in [0.2, 0.25) is 0 Å². The predicted molar refractivity (Wildman–Crippen MR) is 94.3 cm³/mol. The first-order valence-electron chi connectivity index (χ1n) is 7.88. The van der Waals surface area contributed by atoms with Crippen LogP contribution in [0, 0.1) is 5.92 Å². The molecule has 2 atom stereocenters. The minimum atomic E-state index is -0.396. The largest absolute Gasteiger partial charge is 0.463 e. The molecule has 0 saturated carbocycles. The van der Waals surface area contributed by atoms with E-state index in [4.69, 9.17) is 10.2 Å². The van der Waals surface area contributed by atoms with Crippen LogP contribution in [0.15, 0.2) is 39.7 Å². The van der Waals surface area contributed by atoms with Gasteiger partial charge in [-0.1, -0.05) is 0 Å². The van der Waals surface area contributed by atoms with Crippen molar-refractivity contribution in [1.82, 2.24) is 9.88 Å². The van der Waals surface area contributed by atoms with Gasteiger partial charge in [0.1, 0.15) is 11.3 Å². The Morgan fingerprint density at radius 3 is 2.83 bits per heavy atom. The van der Waals surface area contributed by atoms with E-state index in [1.165, 1.54) is 6.26 Å². The smallest absolute Gasteiger partial charge is 0.261 e. The van der Waals surface area contributed by atoms with E-state index in [0.717, 1.165) is 12.8 Å². The summed E-state index contributed by atoms with van der Waals surface area (Å²) in [5, 5.41) is 0. The van der Waals surface area contributed by atoms with Gasteiger partial charge in [-0.05, 0) is 49.9 Å². The number of furan rings is 1. The number of aromatic amines is 1. The molecule has 2 aromatic rings. The van der Waals surface area contributed by atoms with E-state index in [1.807, 2.05) is 6.92 Å². The van der Waals surface area contributed by atoms with E-state index < -0.39 is 5.56 Å². The van der Waals surface area contributed by atoms with Crippen molar-refractivity contribution in [2.24, 2.45) is 11.7 Å². The molecular weight excluding hydrogens is 330 g/mol. The van der Waals surface area contributed by atoms with Gasteiger partial charge in [0.15, 0.2) is 0 Å². The summed E-state index contributed by atoms with van der Waals surface area (Å²) < 4.78 is 5.25. The van der Waals surface area contributed by atoms with Gasteiger partial charge in [0, 0.05) is 19.1 Å². The van der Waals surface area contributed by atoms with Crippen molar-refractivity contribution >= 4 is 18.3 Å². The fraction of sp³-hybridized carbons (Fsp3) is 0.412. The Hall–Kier alpha value is -2.05. The molecule has 0 aliphatic carbocycles. The highest BCUT2D eigenvalue weighted by Gasteiger charge is 2.27. The van der Waals surface area contributed by atoms with Crippen LogP contribution in [0.2, 0.25) is 0 Å². The highest BCUT2D eigenvalue weighted by atomic mass is 35.5. The summed E-state index contributed by atoms with van der Waals surface area (Å²) >= 11 is 0. The van der Waals surface area contributed by atoms with Gasteiger partial charge in [0.25, 0.3) is 11.5 Å². The van der Waals surface area contributed by atoms with E-state index in [-0.39, 0.29) is 35.8 Å². The number of rotatable bonds is 3. The zero-order valence-electron chi connectivity index (χ0n) is 13.5. The molecule has 0 radical (unpaired) electrons. The second-order valence-electron chi connectivity index (χ2n) is 6.10. The van der Waals surface area contributed by atoms with E-state index in [0.29, 0.717) is 24.5 Å². The topological polar surface area (TPSA) is 92.3 Å². The summed E-state index contributed by atoms with van der Waals surface area (Å²) in [7, 11) is 0. The third-order valence-corrected chi connectivity index (χ3v) is 4.42. The average molecular weight is 352 g/mol. The van der Waals surface area contributed by atoms with Crippen molar-refractivity contribution in [1.29, 1.82) is 0 Å². The van der Waals surface area contributed by atoms with Crippen molar-refractivity contribution in [3.63, 3.8) is 0 Å². The highest BCUT2D eigenvalue weighted by molar-refractivity contribution is 5.94. The summed E-state index contributed by atoms with van der Waals surface area (Å²) in [5.41, 5.74) is 6.28. The normalized spacial score (nSPS) is 18.8. The standard InChI is InChI=1S/C17H21N3O3.ClH/c1-11(18)12-4-2-8-20(10-12)17(22)13-6-7-14(19-16(13)21)15-5-3-9-23-15;/h3,5-7,9,11-12H,2,4,8,10,18H2,1H3,(H,19,21);1H. The molecule has 0 aromatic carbocycles. The Labute approximate surface area is 146 Å². The quantitative estimate of drug-likeness (QED) is 0.887. The Morgan fingerprint density at radius 2 is 2.21 bits per heavy atom. The number of nitrogens with zero attached hydrogens (tertiary/aromatic N) is 1. The van der Waals surface area contributed by atoms with Crippen LogP contribution in [0.3, 0.4) is 0 Å². The molecule has 0 spiro atoms. The van der Waals surface area contributed by atoms with Crippen LogP contribution < -0.4 is 11.3 Å². The van der Waals surface area contributed by atoms with Gasteiger partial charge in [0.05, 0.1) is 12.0 Å². The first-order valence-corrected chi connectivity index (χ1v) is 7.88. The molecule has 24 heavy (non-hydrogen) atoms. The van der Waals surface area contributed by atoms with Gasteiger partial charge in [-0.3, -0.25) is 9.59 Å². The SMILES string of the molecule is CC(N)C1CCCN(C(=O)c2ccc(-c3ccco3)[nH]c2=O)C1.Cl. The maximum atomic E-state index is 12.6. The molecule has 6 nitrogen and oxygen atoms in total. The lowest BCUT2D eigenvalue weighted by Crippen LogP contribution is -2.46. The third-order valence-electron chi connectivity index (χ3n) is 4.42. The van der Waals surface area contributed by atoms with Crippen LogP contribution in [0.5, 0.6) is 0 Å². The lowest BCUT2D eigenvalue weighted by molar-refractivity contribution is 0.0659. The fourth-order valence-corrected chi connectivity index (χ4v) is 3.01. The minimum Gasteiger partial charge on any atom is -0.463 e. The summed E-state index contributed by atoms with van der Waals surface area (Å²) in [6.07, 6.45) is 3.48. The van der Waals surface area contributed by atoms with E-state index in [1.54, 1.807) is 29.2 Å². The number of piperidine rings is 1. The Kier molecular flexibility index (Phi) is 5.85. The molecule has 7 heteroatoms. The number of halogens is 1. The second-order valence-corrected chi connectivity index (χ2v) is 6.10. The molecule has 3 rings (SSSR count). The Bertz CT molecular complexity index is 740. The number of nitrogens with two attached hydrogens (primary N) is 1. The monoisotopic (exact) mass is 351 g/mol. The fourth-order valence-electron chi connectivity index (χ4n) is 3.01. The summed E-state index contributed by atoms with van der Waals surface area (Å²) in [6.45, 7) is 3.24. The molecule has 1 saturated heterocycles. The summed E-state index contributed by atoms with van der Waals surface area (Å²) in [5.74, 6) is 0.618. The van der Waals surface area contributed by atoms with Crippen LogP contribution >= 0.6 is 12.4 Å². The van der Waals surface area contributed by atoms with Gasteiger partial charge >= 0.3 is 0 Å². The maximum absolute atomic E-state index is 12.6. The van der Waals surface area contributed by atoms with Crippen LogP contribution in [-0.4, -0.2) is 34.9 Å². The number of hydrogen-bond donors (Lipinski definition) is 2. The average Bonchev–Trinajstić information content (AvgIpc) is 3.08. The molecule has 1 fully saturated rings. The lowest BCUT2D eigenvalue weighted by Gasteiger charge is -2.34. The minimum absolute atomic E-state index is 0. The molecule has 1 aliphatic rings. The molecule has 130 valence electrons. The zero-order valence-corrected chi connectivity index (χ0v) is 14.3. The van der Waals surface area contributed by atoms with Crippen LogP contribution in [0.4, 0.5) is 0 Å².